The van der Waals surface area contributed by atoms with Crippen molar-refractivity contribution in [2.45, 2.75) is 52.2 Å². The van der Waals surface area contributed by atoms with Gasteiger partial charge in [0.2, 0.25) is 0 Å². The minimum absolute atomic E-state index is 0.170. The molecule has 3 N–H and O–H groups in total. The fourth-order valence-electron chi connectivity index (χ4n) is 3.21. The zero-order valence-corrected chi connectivity index (χ0v) is 14.7. The van der Waals surface area contributed by atoms with Crippen molar-refractivity contribution in [2.75, 3.05) is 24.6 Å². The molecule has 3 unspecified atom stereocenters. The second-order valence-corrected chi connectivity index (χ2v) is 7.16. The van der Waals surface area contributed by atoms with Gasteiger partial charge in [0.15, 0.2) is 0 Å². The van der Waals surface area contributed by atoms with Gasteiger partial charge < -0.3 is 20.5 Å². The molecular weight excluding hydrogens is 288 g/mol. The third-order valence-electron chi connectivity index (χ3n) is 4.59. The molecule has 1 aliphatic heterocycles. The van der Waals surface area contributed by atoms with Gasteiger partial charge in [-0.05, 0) is 55.4 Å². The summed E-state index contributed by atoms with van der Waals surface area (Å²) in [7, 11) is 0. The number of nitrogens with two attached hydrogens (primary N) is 1. The average Bonchev–Trinajstić information content (AvgIpc) is 2.52. The van der Waals surface area contributed by atoms with Crippen molar-refractivity contribution in [3.63, 3.8) is 0 Å². The minimum Gasteiger partial charge on any atom is -0.494 e. The number of rotatable bonds is 7. The molecular formula is C19H32N2O2. The van der Waals surface area contributed by atoms with Crippen LogP contribution in [0.2, 0.25) is 0 Å². The molecule has 1 aromatic rings. The maximum absolute atomic E-state index is 10.2. The molecule has 1 heterocycles. The Morgan fingerprint density at radius 2 is 1.96 bits per heavy atom. The number of nitrogens with zero attached hydrogens (tertiary/aromatic N) is 1. The summed E-state index contributed by atoms with van der Waals surface area (Å²) in [5.41, 5.74) is 7.44. The highest BCUT2D eigenvalue weighted by Gasteiger charge is 2.27. The van der Waals surface area contributed by atoms with Crippen LogP contribution in [0, 0.1) is 11.8 Å². The summed E-state index contributed by atoms with van der Waals surface area (Å²) in [6.07, 6.45) is 2.61. The summed E-state index contributed by atoms with van der Waals surface area (Å²) in [6, 6.07) is 8.45. The molecule has 0 amide bonds. The molecule has 130 valence electrons. The Labute approximate surface area is 140 Å². The van der Waals surface area contributed by atoms with Crippen molar-refractivity contribution >= 4 is 5.69 Å². The lowest BCUT2D eigenvalue weighted by Crippen LogP contribution is -2.48. The number of piperidine rings is 1. The van der Waals surface area contributed by atoms with E-state index in [9.17, 15) is 5.11 Å². The van der Waals surface area contributed by atoms with Gasteiger partial charge >= 0.3 is 0 Å². The van der Waals surface area contributed by atoms with Crippen LogP contribution >= 0.6 is 0 Å². The van der Waals surface area contributed by atoms with E-state index in [1.807, 2.05) is 12.1 Å². The smallest absolute Gasteiger partial charge is 0.119 e. The van der Waals surface area contributed by atoms with Gasteiger partial charge in [0, 0.05) is 24.8 Å². The molecule has 4 nitrogen and oxygen atoms in total. The Hall–Kier alpha value is -1.26. The first-order chi connectivity index (χ1) is 11.0. The topological polar surface area (TPSA) is 58.7 Å². The van der Waals surface area contributed by atoms with E-state index in [0.29, 0.717) is 11.8 Å². The molecule has 1 saturated heterocycles. The Morgan fingerprint density at radius 3 is 2.57 bits per heavy atom. The van der Waals surface area contributed by atoms with Crippen LogP contribution in [0.15, 0.2) is 24.3 Å². The first-order valence-electron chi connectivity index (χ1n) is 8.91. The Bertz CT molecular complexity index is 461. The Kier molecular flexibility index (Phi) is 6.72. The molecule has 3 atom stereocenters. The average molecular weight is 320 g/mol. The van der Waals surface area contributed by atoms with Gasteiger partial charge in [-0.25, -0.2) is 0 Å². The maximum Gasteiger partial charge on any atom is 0.119 e. The highest BCUT2D eigenvalue weighted by atomic mass is 16.5. The van der Waals surface area contributed by atoms with Gasteiger partial charge in [-0.15, -0.1) is 0 Å². The fourth-order valence-corrected chi connectivity index (χ4v) is 3.21. The van der Waals surface area contributed by atoms with Crippen molar-refractivity contribution in [3.05, 3.63) is 24.3 Å². The monoisotopic (exact) mass is 320 g/mol. The molecule has 1 fully saturated rings. The molecule has 0 aliphatic carbocycles. The fraction of sp³-hybridized carbons (Fsp3) is 0.684. The summed E-state index contributed by atoms with van der Waals surface area (Å²) in [5, 5.41) is 10.2. The summed E-state index contributed by atoms with van der Waals surface area (Å²) in [5.74, 6) is 1.67. The zero-order valence-electron chi connectivity index (χ0n) is 14.7. The van der Waals surface area contributed by atoms with Crippen LogP contribution in [0.3, 0.4) is 0 Å². The summed E-state index contributed by atoms with van der Waals surface area (Å²) >= 11 is 0. The first kappa shape index (κ1) is 18.1. The molecule has 0 aromatic heterocycles. The van der Waals surface area contributed by atoms with E-state index in [4.69, 9.17) is 10.5 Å². The standard InChI is InChI=1S/C19H32N2O2/c1-4-9-23-18-7-5-17(6-8-18)21-12-15(10-16(20)13-21)11-19(22)14(2)3/h5-8,14-16,19,22H,4,9-13,20H2,1-3H3. The van der Waals surface area contributed by atoms with Crippen molar-refractivity contribution < 1.29 is 9.84 Å². The van der Waals surface area contributed by atoms with E-state index in [1.54, 1.807) is 0 Å². The number of aliphatic hydroxyl groups excluding tert-OH is 1. The van der Waals surface area contributed by atoms with Crippen LogP contribution < -0.4 is 15.4 Å². The number of hydrogen-bond donors (Lipinski definition) is 2. The molecule has 0 spiro atoms. The van der Waals surface area contributed by atoms with E-state index in [-0.39, 0.29) is 12.1 Å². The van der Waals surface area contributed by atoms with Gasteiger partial charge in [-0.2, -0.15) is 0 Å². The maximum atomic E-state index is 10.2. The largest absolute Gasteiger partial charge is 0.494 e. The van der Waals surface area contributed by atoms with Crippen LogP contribution in [0.1, 0.15) is 40.0 Å². The third-order valence-corrected chi connectivity index (χ3v) is 4.59. The summed E-state index contributed by atoms with van der Waals surface area (Å²) in [4.78, 5) is 2.34. The quantitative estimate of drug-likeness (QED) is 0.811. The SMILES string of the molecule is CCCOc1ccc(N2CC(N)CC(CC(O)C(C)C)C2)cc1. The second kappa shape index (κ2) is 8.55. The molecule has 0 radical (unpaired) electrons. The summed E-state index contributed by atoms with van der Waals surface area (Å²) in [6.45, 7) is 8.84. The van der Waals surface area contributed by atoms with E-state index >= 15 is 0 Å². The van der Waals surface area contributed by atoms with E-state index in [0.717, 1.165) is 44.7 Å². The van der Waals surface area contributed by atoms with Gasteiger partial charge in [-0.3, -0.25) is 0 Å². The van der Waals surface area contributed by atoms with Crippen molar-refractivity contribution in [3.8, 4) is 5.75 Å². The predicted molar refractivity (Wildman–Crippen MR) is 96.0 cm³/mol. The summed E-state index contributed by atoms with van der Waals surface area (Å²) < 4.78 is 5.64. The second-order valence-electron chi connectivity index (χ2n) is 7.16. The van der Waals surface area contributed by atoms with Crippen molar-refractivity contribution in [1.29, 1.82) is 0 Å². The van der Waals surface area contributed by atoms with Crippen LogP contribution in [0.25, 0.3) is 0 Å². The number of ether oxygens (including phenoxy) is 1. The predicted octanol–water partition coefficient (Wildman–Crippen LogP) is 3.04. The molecule has 0 bridgehead atoms. The van der Waals surface area contributed by atoms with Gasteiger partial charge in [0.1, 0.15) is 5.75 Å². The highest BCUT2D eigenvalue weighted by Crippen LogP contribution is 2.28. The van der Waals surface area contributed by atoms with Crippen LogP contribution in [-0.2, 0) is 0 Å². The van der Waals surface area contributed by atoms with Crippen LogP contribution in [-0.4, -0.2) is 36.9 Å². The van der Waals surface area contributed by atoms with Gasteiger partial charge in [0.25, 0.3) is 0 Å². The van der Waals surface area contributed by atoms with E-state index in [2.05, 4.69) is 37.8 Å². The normalized spacial score (nSPS) is 23.1. The van der Waals surface area contributed by atoms with Crippen molar-refractivity contribution in [1.82, 2.24) is 0 Å². The zero-order chi connectivity index (χ0) is 16.8. The van der Waals surface area contributed by atoms with Crippen LogP contribution in [0.5, 0.6) is 5.75 Å². The van der Waals surface area contributed by atoms with E-state index in [1.165, 1.54) is 5.69 Å². The lowest BCUT2D eigenvalue weighted by atomic mass is 9.87. The Morgan fingerprint density at radius 1 is 1.26 bits per heavy atom. The number of aliphatic hydroxyl groups is 1. The number of anilines is 1. The first-order valence-corrected chi connectivity index (χ1v) is 8.91. The van der Waals surface area contributed by atoms with Crippen LogP contribution in [0.4, 0.5) is 5.69 Å². The molecule has 0 saturated carbocycles. The molecule has 1 aliphatic rings. The third kappa shape index (κ3) is 5.40. The molecule has 2 rings (SSSR count). The number of hydrogen-bond acceptors (Lipinski definition) is 4. The van der Waals surface area contributed by atoms with E-state index < -0.39 is 0 Å². The molecule has 23 heavy (non-hydrogen) atoms. The molecule has 4 heteroatoms. The van der Waals surface area contributed by atoms with Gasteiger partial charge in [0.05, 0.1) is 12.7 Å². The lowest BCUT2D eigenvalue weighted by Gasteiger charge is -2.39. The number of benzene rings is 1. The highest BCUT2D eigenvalue weighted by molar-refractivity contribution is 5.49. The Balaban J connectivity index is 1.98. The lowest BCUT2D eigenvalue weighted by molar-refractivity contribution is 0.0922. The minimum atomic E-state index is -0.239. The van der Waals surface area contributed by atoms with Gasteiger partial charge in [-0.1, -0.05) is 20.8 Å². The molecule has 1 aromatic carbocycles. The van der Waals surface area contributed by atoms with Crippen molar-refractivity contribution in [2.24, 2.45) is 17.6 Å².